The van der Waals surface area contributed by atoms with E-state index in [1.165, 1.54) is 0 Å². The van der Waals surface area contributed by atoms with Gasteiger partial charge >= 0.3 is 0 Å². The molecule has 0 aromatic heterocycles. The molecule has 1 atom stereocenters. The smallest absolute Gasteiger partial charge is 0.0937 e. The maximum absolute atomic E-state index is 8.64. The maximum Gasteiger partial charge on any atom is 0.0937 e. The van der Waals surface area contributed by atoms with Crippen LogP contribution in [0, 0.1) is 0 Å². The van der Waals surface area contributed by atoms with Gasteiger partial charge in [0.2, 0.25) is 0 Å². The lowest BCUT2D eigenvalue weighted by Gasteiger charge is -2.39. The van der Waals surface area contributed by atoms with E-state index in [4.69, 9.17) is 19.3 Å². The van der Waals surface area contributed by atoms with Gasteiger partial charge in [-0.25, -0.2) is 0 Å². The molecule has 0 amide bonds. The topological polar surface area (TPSA) is 47.9 Å². The van der Waals surface area contributed by atoms with Gasteiger partial charge in [0, 0.05) is 6.61 Å². The van der Waals surface area contributed by atoms with Crippen molar-refractivity contribution in [1.82, 2.24) is 0 Å². The molecule has 1 unspecified atom stereocenters. The Bertz CT molecular complexity index is 193. The third-order valence-electron chi connectivity index (χ3n) is 3.53. The average molecular weight is 276 g/mol. The second kappa shape index (κ2) is 11.6. The van der Waals surface area contributed by atoms with Gasteiger partial charge in [-0.15, -0.1) is 0 Å². The Hall–Kier alpha value is -0.160. The highest BCUT2D eigenvalue weighted by Gasteiger charge is 2.36. The molecule has 0 bridgehead atoms. The SMILES string of the molecule is CCCOC(CC)(CC)C(CC)OCCOCCO. The molecule has 0 aliphatic heterocycles. The van der Waals surface area contributed by atoms with Gasteiger partial charge in [0.05, 0.1) is 38.1 Å². The van der Waals surface area contributed by atoms with Crippen LogP contribution in [-0.2, 0) is 14.2 Å². The zero-order chi connectivity index (χ0) is 14.6. The van der Waals surface area contributed by atoms with E-state index in [0.29, 0.717) is 19.8 Å². The van der Waals surface area contributed by atoms with Crippen molar-refractivity contribution in [2.75, 3.05) is 33.0 Å². The summed E-state index contributed by atoms with van der Waals surface area (Å²) in [5, 5.41) is 8.64. The molecule has 1 N–H and O–H groups in total. The third kappa shape index (κ3) is 6.70. The molecule has 0 radical (unpaired) electrons. The Morgan fingerprint density at radius 1 is 0.947 bits per heavy atom. The molecular formula is C15H32O4. The van der Waals surface area contributed by atoms with Crippen LogP contribution in [0.15, 0.2) is 0 Å². The van der Waals surface area contributed by atoms with Crippen LogP contribution in [0.2, 0.25) is 0 Å². The Morgan fingerprint density at radius 3 is 2.11 bits per heavy atom. The highest BCUT2D eigenvalue weighted by atomic mass is 16.6. The monoisotopic (exact) mass is 276 g/mol. The first kappa shape index (κ1) is 18.8. The minimum atomic E-state index is -0.179. The summed E-state index contributed by atoms with van der Waals surface area (Å²) in [6.45, 7) is 10.9. The van der Waals surface area contributed by atoms with E-state index in [0.717, 1.165) is 32.3 Å². The molecular weight excluding hydrogens is 244 g/mol. The minimum absolute atomic E-state index is 0.0602. The second-order valence-electron chi connectivity index (χ2n) is 4.72. The maximum atomic E-state index is 8.64. The lowest BCUT2D eigenvalue weighted by atomic mass is 9.88. The predicted octanol–water partition coefficient (Wildman–Crippen LogP) is 2.78. The third-order valence-corrected chi connectivity index (χ3v) is 3.53. The summed E-state index contributed by atoms with van der Waals surface area (Å²) >= 11 is 0. The minimum Gasteiger partial charge on any atom is -0.394 e. The van der Waals surface area contributed by atoms with Gasteiger partial charge in [-0.2, -0.15) is 0 Å². The summed E-state index contributed by atoms with van der Waals surface area (Å²) in [5.74, 6) is 0. The van der Waals surface area contributed by atoms with E-state index < -0.39 is 0 Å². The van der Waals surface area contributed by atoms with Gasteiger partial charge < -0.3 is 19.3 Å². The van der Waals surface area contributed by atoms with Gasteiger partial charge in [-0.3, -0.25) is 0 Å². The molecule has 0 saturated carbocycles. The van der Waals surface area contributed by atoms with Crippen molar-refractivity contribution >= 4 is 0 Å². The Balaban J connectivity index is 4.31. The molecule has 0 fully saturated rings. The molecule has 4 heteroatoms. The number of hydrogen-bond donors (Lipinski definition) is 1. The van der Waals surface area contributed by atoms with Gasteiger partial charge in [0.25, 0.3) is 0 Å². The average Bonchev–Trinajstić information content (AvgIpc) is 2.45. The van der Waals surface area contributed by atoms with Gasteiger partial charge in [-0.05, 0) is 25.7 Å². The fourth-order valence-electron chi connectivity index (χ4n) is 2.37. The standard InChI is InChI=1S/C15H32O4/c1-5-10-19-15(7-3,8-4)14(6-2)18-13-12-17-11-9-16/h14,16H,5-13H2,1-4H3. The molecule has 0 aliphatic rings. The lowest BCUT2D eigenvalue weighted by molar-refractivity contribution is -0.157. The Morgan fingerprint density at radius 2 is 1.63 bits per heavy atom. The van der Waals surface area contributed by atoms with Crippen LogP contribution in [-0.4, -0.2) is 49.8 Å². The van der Waals surface area contributed by atoms with Crippen LogP contribution < -0.4 is 0 Å². The van der Waals surface area contributed by atoms with Crippen molar-refractivity contribution in [3.05, 3.63) is 0 Å². The fraction of sp³-hybridized carbons (Fsp3) is 1.00. The van der Waals surface area contributed by atoms with Crippen LogP contribution in [0.3, 0.4) is 0 Å². The Kier molecular flexibility index (Phi) is 11.6. The zero-order valence-corrected chi connectivity index (χ0v) is 13.1. The van der Waals surface area contributed by atoms with Crippen molar-refractivity contribution in [2.45, 2.75) is 65.1 Å². The number of hydrogen-bond acceptors (Lipinski definition) is 4. The van der Waals surface area contributed by atoms with Crippen LogP contribution in [0.1, 0.15) is 53.4 Å². The normalized spacial score (nSPS) is 13.7. The lowest BCUT2D eigenvalue weighted by Crippen LogP contribution is -2.46. The van der Waals surface area contributed by atoms with Crippen LogP contribution >= 0.6 is 0 Å². The molecule has 116 valence electrons. The molecule has 19 heavy (non-hydrogen) atoms. The first-order valence-electron chi connectivity index (χ1n) is 7.64. The van der Waals surface area contributed by atoms with Gasteiger partial charge in [0.1, 0.15) is 0 Å². The molecule has 4 nitrogen and oxygen atoms in total. The van der Waals surface area contributed by atoms with E-state index >= 15 is 0 Å². The predicted molar refractivity (Wildman–Crippen MR) is 77.5 cm³/mol. The molecule has 0 aromatic carbocycles. The van der Waals surface area contributed by atoms with Crippen LogP contribution in [0.5, 0.6) is 0 Å². The zero-order valence-electron chi connectivity index (χ0n) is 13.1. The molecule has 0 saturated heterocycles. The van der Waals surface area contributed by atoms with Crippen molar-refractivity contribution in [3.63, 3.8) is 0 Å². The quantitative estimate of drug-likeness (QED) is 0.525. The van der Waals surface area contributed by atoms with Crippen LogP contribution in [0.4, 0.5) is 0 Å². The van der Waals surface area contributed by atoms with E-state index in [-0.39, 0.29) is 18.3 Å². The molecule has 0 aromatic rings. The highest BCUT2D eigenvalue weighted by Crippen LogP contribution is 2.29. The fourth-order valence-corrected chi connectivity index (χ4v) is 2.37. The molecule has 0 spiro atoms. The molecule has 0 aliphatic carbocycles. The summed E-state index contributed by atoms with van der Waals surface area (Å²) in [4.78, 5) is 0. The summed E-state index contributed by atoms with van der Waals surface area (Å²) in [5.41, 5.74) is -0.179. The number of ether oxygens (including phenoxy) is 3. The van der Waals surface area contributed by atoms with Gasteiger partial charge in [-0.1, -0.05) is 27.7 Å². The van der Waals surface area contributed by atoms with Crippen molar-refractivity contribution in [2.24, 2.45) is 0 Å². The number of aliphatic hydroxyl groups is 1. The summed E-state index contributed by atoms with van der Waals surface area (Å²) in [6.07, 6.45) is 3.98. The number of aliphatic hydroxyl groups excluding tert-OH is 1. The summed E-state index contributed by atoms with van der Waals surface area (Å²) in [7, 11) is 0. The summed E-state index contributed by atoms with van der Waals surface area (Å²) in [6, 6.07) is 0. The van der Waals surface area contributed by atoms with Crippen molar-refractivity contribution in [3.8, 4) is 0 Å². The molecule has 0 heterocycles. The number of rotatable bonds is 13. The van der Waals surface area contributed by atoms with E-state index in [9.17, 15) is 0 Å². The molecule has 0 rings (SSSR count). The Labute approximate surface area is 118 Å². The second-order valence-corrected chi connectivity index (χ2v) is 4.72. The van der Waals surface area contributed by atoms with Gasteiger partial charge in [0.15, 0.2) is 0 Å². The first-order chi connectivity index (χ1) is 9.20. The van der Waals surface area contributed by atoms with E-state index in [1.54, 1.807) is 0 Å². The highest BCUT2D eigenvalue weighted by molar-refractivity contribution is 4.87. The van der Waals surface area contributed by atoms with Crippen molar-refractivity contribution < 1.29 is 19.3 Å². The van der Waals surface area contributed by atoms with Crippen molar-refractivity contribution in [1.29, 1.82) is 0 Å². The summed E-state index contributed by atoms with van der Waals surface area (Å²) < 4.78 is 17.3. The van der Waals surface area contributed by atoms with E-state index in [1.807, 2.05) is 0 Å². The van der Waals surface area contributed by atoms with E-state index in [2.05, 4.69) is 27.7 Å². The first-order valence-corrected chi connectivity index (χ1v) is 7.64. The van der Waals surface area contributed by atoms with Crippen LogP contribution in [0.25, 0.3) is 0 Å². The largest absolute Gasteiger partial charge is 0.394 e.